The van der Waals surface area contributed by atoms with Gasteiger partial charge in [-0.2, -0.15) is 0 Å². The average molecular weight is 511 g/mol. The van der Waals surface area contributed by atoms with Crippen LogP contribution in [0.15, 0.2) is 109 Å². The topological polar surface area (TPSA) is 54.0 Å². The maximum atomic E-state index is 12.2. The minimum Gasteiger partial charge on any atom is -0.484 e. The van der Waals surface area contributed by atoms with Crippen LogP contribution in [-0.2, 0) is 11.4 Å². The number of para-hydroxylation sites is 2. The van der Waals surface area contributed by atoms with Crippen molar-refractivity contribution >= 4 is 28.3 Å². The molecule has 37 heavy (non-hydrogen) atoms. The second-order valence-electron chi connectivity index (χ2n) is 8.20. The number of carbonyl (C=O) groups is 1. The molecule has 5 nitrogen and oxygen atoms in total. The Bertz CT molecular complexity index is 1520. The highest BCUT2D eigenvalue weighted by Gasteiger charge is 2.27. The summed E-state index contributed by atoms with van der Waals surface area (Å²) in [6, 6.07) is 33.5. The number of esters is 1. The van der Waals surface area contributed by atoms with E-state index in [4.69, 9.17) is 30.5 Å². The molecule has 0 amide bonds. The molecule has 0 spiro atoms. The number of benzene rings is 5. The van der Waals surface area contributed by atoms with Crippen molar-refractivity contribution in [2.45, 2.75) is 13.5 Å². The Labute approximate surface area is 219 Å². The molecule has 5 aromatic carbocycles. The lowest BCUT2D eigenvalue weighted by Crippen LogP contribution is -2.06. The van der Waals surface area contributed by atoms with E-state index in [0.717, 1.165) is 5.56 Å². The van der Waals surface area contributed by atoms with Crippen LogP contribution in [0.1, 0.15) is 12.5 Å². The van der Waals surface area contributed by atoms with Gasteiger partial charge >= 0.3 is 5.97 Å². The third-order valence-corrected chi connectivity index (χ3v) is 5.72. The molecule has 0 atom stereocenters. The van der Waals surface area contributed by atoms with Crippen molar-refractivity contribution in [3.05, 3.63) is 120 Å². The Kier molecular flexibility index (Phi) is 7.24. The Balaban J connectivity index is 1.77. The Morgan fingerprint density at radius 2 is 1.19 bits per heavy atom. The minimum atomic E-state index is -0.502. The summed E-state index contributed by atoms with van der Waals surface area (Å²) in [7, 11) is 0. The first-order chi connectivity index (χ1) is 18.1. The van der Waals surface area contributed by atoms with E-state index in [1.165, 1.54) is 6.92 Å². The van der Waals surface area contributed by atoms with Crippen LogP contribution in [0.5, 0.6) is 34.5 Å². The third kappa shape index (κ3) is 5.68. The number of hydrogen-bond donors (Lipinski definition) is 0. The van der Waals surface area contributed by atoms with E-state index < -0.39 is 5.97 Å². The fourth-order valence-corrected chi connectivity index (χ4v) is 4.04. The zero-order valence-electron chi connectivity index (χ0n) is 20.0. The van der Waals surface area contributed by atoms with E-state index in [1.54, 1.807) is 30.3 Å². The number of fused-ring (bicyclic) bond motifs is 1. The largest absolute Gasteiger partial charge is 0.484 e. The van der Waals surface area contributed by atoms with Crippen molar-refractivity contribution in [3.63, 3.8) is 0 Å². The summed E-state index contributed by atoms with van der Waals surface area (Å²) in [6.07, 6.45) is 0. The van der Waals surface area contributed by atoms with Crippen LogP contribution >= 0.6 is 11.6 Å². The van der Waals surface area contributed by atoms with Gasteiger partial charge in [0.2, 0.25) is 11.5 Å². The number of ether oxygens (including phenoxy) is 4. The smallest absolute Gasteiger partial charge is 0.308 e. The summed E-state index contributed by atoms with van der Waals surface area (Å²) in [5, 5.41) is 1.70. The lowest BCUT2D eigenvalue weighted by Gasteiger charge is -2.22. The van der Waals surface area contributed by atoms with E-state index in [0.29, 0.717) is 33.0 Å². The lowest BCUT2D eigenvalue weighted by molar-refractivity contribution is -0.131. The Morgan fingerprint density at radius 1 is 0.649 bits per heavy atom. The molecule has 0 saturated heterocycles. The second kappa shape index (κ2) is 11.1. The molecule has 0 aliphatic carbocycles. The maximum Gasteiger partial charge on any atom is 0.308 e. The van der Waals surface area contributed by atoms with Gasteiger partial charge in [-0.3, -0.25) is 4.79 Å². The monoisotopic (exact) mass is 510 g/mol. The summed E-state index contributed by atoms with van der Waals surface area (Å²) in [5.41, 5.74) is 0.970. The van der Waals surface area contributed by atoms with Gasteiger partial charge in [-0.1, -0.05) is 78.3 Å². The third-order valence-electron chi connectivity index (χ3n) is 5.49. The molecule has 5 aromatic rings. The first kappa shape index (κ1) is 24.2. The summed E-state index contributed by atoms with van der Waals surface area (Å²) in [4.78, 5) is 12.2. The average Bonchev–Trinajstić information content (AvgIpc) is 2.91. The molecule has 0 aliphatic rings. The normalized spacial score (nSPS) is 10.6. The van der Waals surface area contributed by atoms with Crippen LogP contribution in [0.3, 0.4) is 0 Å². The fraction of sp³-hybridized carbons (Fsp3) is 0.0645. The van der Waals surface area contributed by atoms with E-state index in [9.17, 15) is 4.79 Å². The number of halogens is 1. The summed E-state index contributed by atoms with van der Waals surface area (Å²) < 4.78 is 24.8. The van der Waals surface area contributed by atoms with Crippen LogP contribution in [0, 0.1) is 0 Å². The molecular formula is C31H23ClO5. The zero-order chi connectivity index (χ0) is 25.6. The van der Waals surface area contributed by atoms with Crippen LogP contribution in [-0.4, -0.2) is 5.97 Å². The highest BCUT2D eigenvalue weighted by molar-refractivity contribution is 6.31. The van der Waals surface area contributed by atoms with Gasteiger partial charge in [0.15, 0.2) is 11.5 Å². The standard InChI is InChI=1S/C31H23ClO5/c1-21(33)35-29-26-18-17-23(32)19-27(26)28(34-20-22-11-5-2-6-12-22)30(36-24-13-7-3-8-14-24)31(29)37-25-15-9-4-10-16-25/h2-19H,20H2,1H3. The molecule has 0 unspecified atom stereocenters. The molecule has 0 N–H and O–H groups in total. The second-order valence-corrected chi connectivity index (χ2v) is 8.64. The predicted octanol–water partition coefficient (Wildman–Crippen LogP) is 8.58. The van der Waals surface area contributed by atoms with Gasteiger partial charge < -0.3 is 18.9 Å². The number of hydrogen-bond acceptors (Lipinski definition) is 5. The predicted molar refractivity (Wildman–Crippen MR) is 144 cm³/mol. The van der Waals surface area contributed by atoms with Crippen molar-refractivity contribution in [2.24, 2.45) is 0 Å². The summed E-state index contributed by atoms with van der Waals surface area (Å²) in [5.74, 6) is 1.68. The highest BCUT2D eigenvalue weighted by Crippen LogP contribution is 2.54. The van der Waals surface area contributed by atoms with Gasteiger partial charge in [-0.25, -0.2) is 0 Å². The quantitative estimate of drug-likeness (QED) is 0.154. The van der Waals surface area contributed by atoms with Crippen molar-refractivity contribution in [1.82, 2.24) is 0 Å². The van der Waals surface area contributed by atoms with E-state index in [2.05, 4.69) is 0 Å². The Hall–Kier alpha value is -4.48. The van der Waals surface area contributed by atoms with Crippen molar-refractivity contribution in [2.75, 3.05) is 0 Å². The fourth-order valence-electron chi connectivity index (χ4n) is 3.87. The molecule has 0 aliphatic heterocycles. The minimum absolute atomic E-state index is 0.209. The van der Waals surface area contributed by atoms with Crippen molar-refractivity contribution < 1.29 is 23.7 Å². The van der Waals surface area contributed by atoms with Gasteiger partial charge in [0.25, 0.3) is 0 Å². The molecule has 0 fully saturated rings. The van der Waals surface area contributed by atoms with Gasteiger partial charge in [0.05, 0.1) is 0 Å². The molecule has 0 heterocycles. The molecule has 0 saturated carbocycles. The maximum absolute atomic E-state index is 12.2. The molecule has 0 aromatic heterocycles. The number of rotatable bonds is 8. The molecular weight excluding hydrogens is 488 g/mol. The first-order valence-electron chi connectivity index (χ1n) is 11.7. The van der Waals surface area contributed by atoms with Crippen LogP contribution < -0.4 is 18.9 Å². The van der Waals surface area contributed by atoms with Gasteiger partial charge in [-0.05, 0) is 48.0 Å². The number of carbonyl (C=O) groups excluding carboxylic acids is 1. The lowest BCUT2D eigenvalue weighted by atomic mass is 10.1. The van der Waals surface area contributed by atoms with Crippen molar-refractivity contribution in [3.8, 4) is 34.5 Å². The van der Waals surface area contributed by atoms with Gasteiger partial charge in [0.1, 0.15) is 18.1 Å². The van der Waals surface area contributed by atoms with Gasteiger partial charge in [0, 0.05) is 22.7 Å². The van der Waals surface area contributed by atoms with Gasteiger partial charge in [-0.15, -0.1) is 0 Å². The molecule has 184 valence electrons. The van der Waals surface area contributed by atoms with Crippen molar-refractivity contribution in [1.29, 1.82) is 0 Å². The van der Waals surface area contributed by atoms with E-state index in [1.807, 2.05) is 78.9 Å². The molecule has 0 bridgehead atoms. The Morgan fingerprint density at radius 3 is 1.76 bits per heavy atom. The molecule has 5 rings (SSSR count). The van der Waals surface area contributed by atoms with Crippen LogP contribution in [0.25, 0.3) is 10.8 Å². The van der Waals surface area contributed by atoms with E-state index in [-0.39, 0.29) is 23.9 Å². The SMILES string of the molecule is CC(=O)Oc1c(Oc2ccccc2)c(Oc2ccccc2)c(OCc2ccccc2)c2cc(Cl)ccc12. The molecule has 0 radical (unpaired) electrons. The molecule has 6 heteroatoms. The highest BCUT2D eigenvalue weighted by atomic mass is 35.5. The first-order valence-corrected chi connectivity index (χ1v) is 12.1. The summed E-state index contributed by atoms with van der Waals surface area (Å²) in [6.45, 7) is 1.61. The van der Waals surface area contributed by atoms with Crippen LogP contribution in [0.4, 0.5) is 0 Å². The summed E-state index contributed by atoms with van der Waals surface area (Å²) >= 11 is 6.41. The van der Waals surface area contributed by atoms with E-state index >= 15 is 0 Å². The zero-order valence-corrected chi connectivity index (χ0v) is 20.8. The van der Waals surface area contributed by atoms with Crippen LogP contribution in [0.2, 0.25) is 5.02 Å².